The van der Waals surface area contributed by atoms with Gasteiger partial charge in [-0.2, -0.15) is 0 Å². The molecule has 1 aliphatic heterocycles. The quantitative estimate of drug-likeness (QED) is 0.805. The van der Waals surface area contributed by atoms with Gasteiger partial charge in [0.25, 0.3) is 0 Å². The lowest BCUT2D eigenvalue weighted by Gasteiger charge is -2.32. The molecule has 3 rings (SSSR count). The summed E-state index contributed by atoms with van der Waals surface area (Å²) < 4.78 is 0. The van der Waals surface area contributed by atoms with Gasteiger partial charge in [-0.3, -0.25) is 9.88 Å². The fourth-order valence-corrected chi connectivity index (χ4v) is 2.43. The van der Waals surface area contributed by atoms with Crippen molar-refractivity contribution in [1.82, 2.24) is 19.9 Å². The van der Waals surface area contributed by atoms with Crippen molar-refractivity contribution in [2.75, 3.05) is 6.54 Å². The summed E-state index contributed by atoms with van der Waals surface area (Å²) in [7, 11) is 0. The summed E-state index contributed by atoms with van der Waals surface area (Å²) in [6.07, 6.45) is 8.36. The molecule has 0 saturated heterocycles. The smallest absolute Gasteiger partial charge is 0.115 e. The van der Waals surface area contributed by atoms with E-state index in [9.17, 15) is 0 Å². The van der Waals surface area contributed by atoms with Crippen molar-refractivity contribution in [1.29, 1.82) is 0 Å². The molecule has 2 aromatic heterocycles. The first kappa shape index (κ1) is 11.3. The van der Waals surface area contributed by atoms with Crippen molar-refractivity contribution >= 4 is 0 Å². The van der Waals surface area contributed by atoms with Gasteiger partial charge in [-0.1, -0.05) is 6.07 Å². The molecule has 0 saturated carbocycles. The average molecular weight is 240 g/mol. The van der Waals surface area contributed by atoms with Crippen LogP contribution in [0.5, 0.6) is 0 Å². The van der Waals surface area contributed by atoms with Gasteiger partial charge >= 0.3 is 0 Å². The number of nitrogens with zero attached hydrogens (tertiary/aromatic N) is 4. The summed E-state index contributed by atoms with van der Waals surface area (Å²) in [4.78, 5) is 15.1. The summed E-state index contributed by atoms with van der Waals surface area (Å²) in [6, 6.07) is 4.50. The van der Waals surface area contributed by atoms with Crippen molar-refractivity contribution in [3.63, 3.8) is 0 Å². The Morgan fingerprint density at radius 3 is 3.06 bits per heavy atom. The van der Waals surface area contributed by atoms with Gasteiger partial charge in [-0.15, -0.1) is 0 Å². The van der Waals surface area contributed by atoms with E-state index in [4.69, 9.17) is 0 Å². The largest absolute Gasteiger partial charge is 0.290 e. The molecule has 1 atom stereocenters. The third kappa shape index (κ3) is 2.11. The van der Waals surface area contributed by atoms with Gasteiger partial charge in [0.2, 0.25) is 0 Å². The van der Waals surface area contributed by atoms with Crippen LogP contribution in [0, 0.1) is 0 Å². The number of fused-ring (bicyclic) bond motifs is 1. The third-order valence-electron chi connectivity index (χ3n) is 3.62. The van der Waals surface area contributed by atoms with Crippen LogP contribution in [0.1, 0.15) is 29.8 Å². The molecule has 0 spiro atoms. The Morgan fingerprint density at radius 1 is 1.28 bits per heavy atom. The van der Waals surface area contributed by atoms with E-state index in [2.05, 4.69) is 32.8 Å². The molecule has 0 aliphatic carbocycles. The van der Waals surface area contributed by atoms with E-state index >= 15 is 0 Å². The molecular formula is C14H16N4. The molecule has 92 valence electrons. The van der Waals surface area contributed by atoms with E-state index < -0.39 is 0 Å². The minimum Gasteiger partial charge on any atom is -0.290 e. The van der Waals surface area contributed by atoms with Crippen molar-refractivity contribution in [2.24, 2.45) is 0 Å². The number of rotatable bonds is 2. The van der Waals surface area contributed by atoms with Gasteiger partial charge in [0, 0.05) is 37.7 Å². The first-order valence-corrected chi connectivity index (χ1v) is 6.26. The van der Waals surface area contributed by atoms with E-state index in [-0.39, 0.29) is 0 Å². The zero-order valence-electron chi connectivity index (χ0n) is 10.5. The number of aromatic nitrogens is 3. The standard InChI is InChI=1S/C14H16N4/c1-11(12-3-2-5-15-7-12)18-6-4-13-8-16-10-17-14(13)9-18/h2-3,5,7-8,10-11H,4,6,9H2,1H3. The highest BCUT2D eigenvalue weighted by molar-refractivity contribution is 5.21. The van der Waals surface area contributed by atoms with Crippen LogP contribution >= 0.6 is 0 Å². The maximum absolute atomic E-state index is 4.38. The predicted molar refractivity (Wildman–Crippen MR) is 68.8 cm³/mol. The maximum Gasteiger partial charge on any atom is 0.115 e. The Kier molecular flexibility index (Phi) is 3.02. The minimum absolute atomic E-state index is 0.377. The zero-order valence-corrected chi connectivity index (χ0v) is 10.5. The van der Waals surface area contributed by atoms with Crippen LogP contribution in [0.25, 0.3) is 0 Å². The molecule has 4 heteroatoms. The fourth-order valence-electron chi connectivity index (χ4n) is 2.43. The molecule has 2 aromatic rings. The first-order valence-electron chi connectivity index (χ1n) is 6.26. The Morgan fingerprint density at radius 2 is 2.22 bits per heavy atom. The van der Waals surface area contributed by atoms with Gasteiger partial charge in [-0.25, -0.2) is 9.97 Å². The van der Waals surface area contributed by atoms with E-state index in [0.717, 1.165) is 25.2 Å². The van der Waals surface area contributed by atoms with Crippen LogP contribution in [-0.4, -0.2) is 26.4 Å². The summed E-state index contributed by atoms with van der Waals surface area (Å²) in [5.41, 5.74) is 3.70. The third-order valence-corrected chi connectivity index (χ3v) is 3.62. The maximum atomic E-state index is 4.38. The molecule has 0 aromatic carbocycles. The molecule has 0 fully saturated rings. The van der Waals surface area contributed by atoms with Crippen LogP contribution in [0.15, 0.2) is 37.1 Å². The van der Waals surface area contributed by atoms with E-state index in [1.165, 1.54) is 11.1 Å². The lowest BCUT2D eigenvalue weighted by Crippen LogP contribution is -2.33. The van der Waals surface area contributed by atoms with Crippen molar-refractivity contribution in [2.45, 2.75) is 25.9 Å². The van der Waals surface area contributed by atoms with E-state index in [0.29, 0.717) is 6.04 Å². The average Bonchev–Trinajstić information content (AvgIpc) is 2.47. The van der Waals surface area contributed by atoms with Gasteiger partial charge < -0.3 is 0 Å². The van der Waals surface area contributed by atoms with E-state index in [1.807, 2.05) is 24.7 Å². The molecule has 1 aliphatic rings. The van der Waals surface area contributed by atoms with Gasteiger partial charge in [-0.05, 0) is 30.5 Å². The lowest BCUT2D eigenvalue weighted by molar-refractivity contribution is 0.188. The second kappa shape index (κ2) is 4.82. The monoisotopic (exact) mass is 240 g/mol. The summed E-state index contributed by atoms with van der Waals surface area (Å²) >= 11 is 0. The van der Waals surface area contributed by atoms with Crippen LogP contribution in [-0.2, 0) is 13.0 Å². The minimum atomic E-state index is 0.377. The van der Waals surface area contributed by atoms with Crippen LogP contribution < -0.4 is 0 Å². The molecule has 0 bridgehead atoms. The molecule has 4 nitrogen and oxygen atoms in total. The lowest BCUT2D eigenvalue weighted by atomic mass is 10.0. The van der Waals surface area contributed by atoms with Crippen molar-refractivity contribution in [3.05, 3.63) is 53.9 Å². The SMILES string of the molecule is CC(c1cccnc1)N1CCc2cncnc2C1. The molecule has 0 radical (unpaired) electrons. The molecule has 0 amide bonds. The van der Waals surface area contributed by atoms with Crippen molar-refractivity contribution < 1.29 is 0 Å². The second-order valence-electron chi connectivity index (χ2n) is 4.68. The molecule has 3 heterocycles. The first-order chi connectivity index (χ1) is 8.84. The Hall–Kier alpha value is -1.81. The summed E-state index contributed by atoms with van der Waals surface area (Å²) in [6.45, 7) is 4.17. The van der Waals surface area contributed by atoms with Gasteiger partial charge in [0.15, 0.2) is 0 Å². The number of hydrogen-bond acceptors (Lipinski definition) is 4. The second-order valence-corrected chi connectivity index (χ2v) is 4.68. The van der Waals surface area contributed by atoms with Gasteiger partial charge in [0.1, 0.15) is 6.33 Å². The molecule has 0 N–H and O–H groups in total. The summed E-state index contributed by atoms with van der Waals surface area (Å²) in [5, 5.41) is 0. The summed E-state index contributed by atoms with van der Waals surface area (Å²) in [5.74, 6) is 0. The zero-order chi connectivity index (χ0) is 12.4. The highest BCUT2D eigenvalue weighted by Gasteiger charge is 2.22. The normalized spacial score (nSPS) is 17.2. The predicted octanol–water partition coefficient (Wildman–Crippen LogP) is 1.99. The Labute approximate surface area is 107 Å². The Bertz CT molecular complexity index is 526. The Balaban J connectivity index is 1.80. The fraction of sp³-hybridized carbons (Fsp3) is 0.357. The highest BCUT2D eigenvalue weighted by atomic mass is 15.2. The highest BCUT2D eigenvalue weighted by Crippen LogP contribution is 2.25. The van der Waals surface area contributed by atoms with Crippen LogP contribution in [0.2, 0.25) is 0 Å². The molecule has 18 heavy (non-hydrogen) atoms. The van der Waals surface area contributed by atoms with Crippen LogP contribution in [0.4, 0.5) is 0 Å². The van der Waals surface area contributed by atoms with Crippen molar-refractivity contribution in [3.8, 4) is 0 Å². The van der Waals surface area contributed by atoms with Crippen LogP contribution in [0.3, 0.4) is 0 Å². The molecular weight excluding hydrogens is 224 g/mol. The number of hydrogen-bond donors (Lipinski definition) is 0. The van der Waals surface area contributed by atoms with E-state index in [1.54, 1.807) is 6.33 Å². The molecule has 1 unspecified atom stereocenters. The topological polar surface area (TPSA) is 41.9 Å². The van der Waals surface area contributed by atoms with Gasteiger partial charge in [0.05, 0.1) is 5.69 Å². The number of pyridine rings is 1.